The van der Waals surface area contributed by atoms with Gasteiger partial charge in [-0.2, -0.15) is 0 Å². The fraction of sp³-hybridized carbons (Fsp3) is 0.190. The van der Waals surface area contributed by atoms with E-state index in [-0.39, 0.29) is 11.6 Å². The van der Waals surface area contributed by atoms with Crippen LogP contribution < -0.4 is 15.4 Å². The van der Waals surface area contributed by atoms with Gasteiger partial charge in [-0.25, -0.2) is 9.97 Å². The molecule has 0 saturated carbocycles. The predicted octanol–water partition coefficient (Wildman–Crippen LogP) is 4.43. The third-order valence-electron chi connectivity index (χ3n) is 3.97. The molecule has 0 aliphatic heterocycles. The Morgan fingerprint density at radius 3 is 2.52 bits per heavy atom. The zero-order chi connectivity index (χ0) is 19.1. The van der Waals surface area contributed by atoms with Gasteiger partial charge in [-0.15, -0.1) is 0 Å². The Bertz CT molecular complexity index is 927. The number of carbonyl (C=O) groups is 1. The van der Waals surface area contributed by atoms with Gasteiger partial charge in [0.25, 0.3) is 5.91 Å². The second kappa shape index (κ2) is 8.80. The number of benzene rings is 2. The van der Waals surface area contributed by atoms with E-state index in [1.54, 1.807) is 12.3 Å². The van der Waals surface area contributed by atoms with E-state index in [0.29, 0.717) is 18.3 Å². The normalized spacial score (nSPS) is 10.3. The average Bonchev–Trinajstić information content (AvgIpc) is 2.70. The summed E-state index contributed by atoms with van der Waals surface area (Å²) >= 11 is 0. The summed E-state index contributed by atoms with van der Waals surface area (Å²) in [7, 11) is 0. The minimum atomic E-state index is -0.278. The van der Waals surface area contributed by atoms with Crippen LogP contribution >= 0.6 is 0 Å². The molecule has 2 aromatic carbocycles. The van der Waals surface area contributed by atoms with E-state index in [2.05, 4.69) is 20.6 Å². The molecular weight excluding hydrogens is 340 g/mol. The molecule has 6 heteroatoms. The molecule has 0 aliphatic rings. The van der Waals surface area contributed by atoms with Crippen LogP contribution in [0.3, 0.4) is 0 Å². The lowest BCUT2D eigenvalue weighted by Gasteiger charge is -2.12. The highest BCUT2D eigenvalue weighted by Gasteiger charge is 2.12. The molecule has 0 bridgehead atoms. The highest BCUT2D eigenvalue weighted by Crippen LogP contribution is 2.26. The van der Waals surface area contributed by atoms with E-state index in [1.807, 2.05) is 62.4 Å². The van der Waals surface area contributed by atoms with E-state index in [0.717, 1.165) is 23.4 Å². The monoisotopic (exact) mass is 362 g/mol. The number of amides is 1. The molecule has 0 saturated heterocycles. The van der Waals surface area contributed by atoms with Gasteiger partial charge in [0.1, 0.15) is 11.4 Å². The molecule has 0 radical (unpaired) electrons. The Labute approximate surface area is 158 Å². The van der Waals surface area contributed by atoms with Crippen molar-refractivity contribution in [1.82, 2.24) is 9.97 Å². The number of anilines is 3. The summed E-state index contributed by atoms with van der Waals surface area (Å²) in [6, 6.07) is 16.8. The molecule has 2 N–H and O–H groups in total. The second-order valence-corrected chi connectivity index (χ2v) is 5.78. The molecule has 0 spiro atoms. The van der Waals surface area contributed by atoms with E-state index in [9.17, 15) is 4.79 Å². The van der Waals surface area contributed by atoms with Crippen molar-refractivity contribution >= 4 is 23.2 Å². The largest absolute Gasteiger partial charge is 0.492 e. The number of hydrogen-bond acceptors (Lipinski definition) is 5. The van der Waals surface area contributed by atoms with Crippen LogP contribution in [0.5, 0.6) is 5.75 Å². The summed E-state index contributed by atoms with van der Waals surface area (Å²) in [6.07, 6.45) is 2.39. The van der Waals surface area contributed by atoms with Crippen molar-refractivity contribution in [3.8, 4) is 5.75 Å². The highest BCUT2D eigenvalue weighted by molar-refractivity contribution is 6.03. The first-order valence-corrected chi connectivity index (χ1v) is 8.92. The van der Waals surface area contributed by atoms with Crippen LogP contribution in [-0.2, 0) is 6.42 Å². The van der Waals surface area contributed by atoms with Gasteiger partial charge in [0.15, 0.2) is 0 Å². The summed E-state index contributed by atoms with van der Waals surface area (Å²) in [5.41, 5.74) is 2.89. The maximum absolute atomic E-state index is 12.6. The first-order chi connectivity index (χ1) is 13.2. The van der Waals surface area contributed by atoms with Gasteiger partial charge in [-0.05, 0) is 43.2 Å². The van der Waals surface area contributed by atoms with Crippen LogP contribution in [0.1, 0.15) is 29.9 Å². The fourth-order valence-corrected chi connectivity index (χ4v) is 2.65. The molecule has 1 aromatic heterocycles. The number of rotatable bonds is 7. The number of para-hydroxylation sites is 3. The Hall–Kier alpha value is -3.41. The number of nitrogens with one attached hydrogen (secondary N) is 2. The minimum Gasteiger partial charge on any atom is -0.492 e. The third-order valence-corrected chi connectivity index (χ3v) is 3.97. The molecule has 0 fully saturated rings. The van der Waals surface area contributed by atoms with Crippen LogP contribution in [0.2, 0.25) is 0 Å². The Balaban J connectivity index is 1.78. The van der Waals surface area contributed by atoms with Crippen molar-refractivity contribution in [3.63, 3.8) is 0 Å². The van der Waals surface area contributed by atoms with Gasteiger partial charge in [0, 0.05) is 11.9 Å². The van der Waals surface area contributed by atoms with Crippen LogP contribution in [0.4, 0.5) is 17.3 Å². The lowest BCUT2D eigenvalue weighted by Crippen LogP contribution is -2.15. The summed E-state index contributed by atoms with van der Waals surface area (Å²) in [5.74, 6) is 0.758. The summed E-state index contributed by atoms with van der Waals surface area (Å²) < 4.78 is 5.59. The molecule has 0 unspecified atom stereocenters. The van der Waals surface area contributed by atoms with Crippen molar-refractivity contribution in [1.29, 1.82) is 0 Å². The maximum atomic E-state index is 12.6. The molecule has 1 heterocycles. The fourth-order valence-electron chi connectivity index (χ4n) is 2.65. The van der Waals surface area contributed by atoms with Gasteiger partial charge < -0.3 is 15.4 Å². The molecule has 0 aliphatic carbocycles. The van der Waals surface area contributed by atoms with E-state index < -0.39 is 0 Å². The van der Waals surface area contributed by atoms with Crippen molar-refractivity contribution in [2.75, 3.05) is 17.2 Å². The summed E-state index contributed by atoms with van der Waals surface area (Å²) in [6.45, 7) is 4.53. The first-order valence-electron chi connectivity index (χ1n) is 8.92. The van der Waals surface area contributed by atoms with E-state index in [4.69, 9.17) is 4.74 Å². The Morgan fingerprint density at radius 1 is 1.00 bits per heavy atom. The number of ether oxygens (including phenoxy) is 1. The minimum absolute atomic E-state index is 0.278. The lowest BCUT2D eigenvalue weighted by molar-refractivity contribution is 0.102. The number of aryl methyl sites for hydroxylation is 1. The average molecular weight is 362 g/mol. The summed E-state index contributed by atoms with van der Waals surface area (Å²) in [5, 5.41) is 6.03. The van der Waals surface area contributed by atoms with Gasteiger partial charge in [-0.3, -0.25) is 4.79 Å². The molecular formula is C21H22N4O2. The molecule has 27 heavy (non-hydrogen) atoms. The van der Waals surface area contributed by atoms with Crippen LogP contribution in [0.25, 0.3) is 0 Å². The van der Waals surface area contributed by atoms with Crippen LogP contribution in [-0.4, -0.2) is 22.5 Å². The smallest absolute Gasteiger partial charge is 0.274 e. The zero-order valence-electron chi connectivity index (χ0n) is 15.4. The number of carbonyl (C=O) groups excluding carboxylic acids is 1. The predicted molar refractivity (Wildman–Crippen MR) is 107 cm³/mol. The maximum Gasteiger partial charge on any atom is 0.274 e. The zero-order valence-corrected chi connectivity index (χ0v) is 15.4. The number of aromatic nitrogens is 2. The Morgan fingerprint density at radius 2 is 1.74 bits per heavy atom. The number of hydrogen-bond donors (Lipinski definition) is 2. The van der Waals surface area contributed by atoms with Gasteiger partial charge in [0.2, 0.25) is 5.95 Å². The quantitative estimate of drug-likeness (QED) is 0.650. The topological polar surface area (TPSA) is 76.1 Å². The highest BCUT2D eigenvalue weighted by atomic mass is 16.5. The van der Waals surface area contributed by atoms with Crippen molar-refractivity contribution in [2.45, 2.75) is 20.3 Å². The lowest BCUT2D eigenvalue weighted by atomic mass is 10.1. The van der Waals surface area contributed by atoms with Gasteiger partial charge in [-0.1, -0.05) is 37.3 Å². The van der Waals surface area contributed by atoms with E-state index in [1.165, 1.54) is 0 Å². The molecule has 6 nitrogen and oxygen atoms in total. The Kier molecular flexibility index (Phi) is 5.99. The third kappa shape index (κ3) is 4.61. The molecule has 3 rings (SSSR count). The molecule has 1 amide bonds. The SMILES string of the molecule is CCOc1ccccc1Nc1nccc(C(=O)Nc2ccccc2CC)n1. The summed E-state index contributed by atoms with van der Waals surface area (Å²) in [4.78, 5) is 21.1. The second-order valence-electron chi connectivity index (χ2n) is 5.78. The standard InChI is InChI=1S/C21H22N4O2/c1-3-15-9-5-6-10-16(15)23-20(26)18-13-14-22-21(25-18)24-17-11-7-8-12-19(17)27-4-2/h5-14H,3-4H2,1-2H3,(H,23,26)(H,22,24,25). The van der Waals surface area contributed by atoms with Crippen molar-refractivity contribution in [3.05, 3.63) is 72.1 Å². The molecule has 0 atom stereocenters. The van der Waals surface area contributed by atoms with Crippen LogP contribution in [0, 0.1) is 0 Å². The molecule has 3 aromatic rings. The first kappa shape index (κ1) is 18.4. The van der Waals surface area contributed by atoms with Gasteiger partial charge in [0.05, 0.1) is 12.3 Å². The molecule has 138 valence electrons. The van der Waals surface area contributed by atoms with Crippen molar-refractivity contribution in [2.24, 2.45) is 0 Å². The number of nitrogens with zero attached hydrogens (tertiary/aromatic N) is 2. The van der Waals surface area contributed by atoms with Gasteiger partial charge >= 0.3 is 0 Å². The van der Waals surface area contributed by atoms with Crippen LogP contribution in [0.15, 0.2) is 60.8 Å². The van der Waals surface area contributed by atoms with E-state index >= 15 is 0 Å². The van der Waals surface area contributed by atoms with Crippen molar-refractivity contribution < 1.29 is 9.53 Å².